The molecule has 1 aromatic carbocycles. The number of pyridine rings is 1. The highest BCUT2D eigenvalue weighted by Crippen LogP contribution is 2.23. The number of hydrogen-bond acceptors (Lipinski definition) is 6. The molecule has 8 nitrogen and oxygen atoms in total. The van der Waals surface area contributed by atoms with Gasteiger partial charge < -0.3 is 24.8 Å². The number of methoxy groups -OCH3 is 1. The molecule has 1 atom stereocenters. The molecule has 174 valence electrons. The Morgan fingerprint density at radius 2 is 1.88 bits per heavy atom. The molecule has 1 saturated heterocycles. The molecule has 2 aromatic rings. The van der Waals surface area contributed by atoms with Gasteiger partial charge in [0.2, 0.25) is 5.88 Å². The van der Waals surface area contributed by atoms with Crippen molar-refractivity contribution in [3.63, 3.8) is 0 Å². The van der Waals surface area contributed by atoms with Crippen molar-refractivity contribution >= 4 is 5.96 Å². The number of ether oxygens (including phenoxy) is 3. The van der Waals surface area contributed by atoms with Gasteiger partial charge in [-0.25, -0.2) is 4.98 Å². The van der Waals surface area contributed by atoms with Crippen molar-refractivity contribution in [1.29, 1.82) is 0 Å². The van der Waals surface area contributed by atoms with Crippen LogP contribution in [0.25, 0.3) is 0 Å². The quantitative estimate of drug-likeness (QED) is 0.457. The van der Waals surface area contributed by atoms with Crippen molar-refractivity contribution in [2.75, 3.05) is 47.0 Å². The van der Waals surface area contributed by atoms with E-state index in [0.717, 1.165) is 50.1 Å². The summed E-state index contributed by atoms with van der Waals surface area (Å²) in [4.78, 5) is 11.2. The van der Waals surface area contributed by atoms with Crippen LogP contribution in [0.5, 0.6) is 11.6 Å². The Hall–Kier alpha value is -2.84. The number of rotatable bonds is 9. The molecule has 1 unspecified atom stereocenters. The molecule has 1 aromatic heterocycles. The molecule has 2 N–H and O–H groups in total. The molecule has 0 bridgehead atoms. The topological polar surface area (TPSA) is 80.2 Å². The first-order valence-corrected chi connectivity index (χ1v) is 11.1. The number of aliphatic imine (C=N–C) groups is 1. The summed E-state index contributed by atoms with van der Waals surface area (Å²) in [6, 6.07) is 12.4. The van der Waals surface area contributed by atoms with E-state index in [1.165, 1.54) is 5.56 Å². The van der Waals surface area contributed by atoms with E-state index >= 15 is 0 Å². The molecule has 0 spiro atoms. The summed E-state index contributed by atoms with van der Waals surface area (Å²) in [6.45, 7) is 8.64. The number of aromatic nitrogens is 1. The number of nitrogens with one attached hydrogen (secondary N) is 2. The maximum atomic E-state index is 5.61. The van der Waals surface area contributed by atoms with Gasteiger partial charge >= 0.3 is 0 Å². The third-order valence-electron chi connectivity index (χ3n) is 5.29. The van der Waals surface area contributed by atoms with E-state index in [-0.39, 0.29) is 12.1 Å². The highest BCUT2D eigenvalue weighted by molar-refractivity contribution is 5.79. The predicted octanol–water partition coefficient (Wildman–Crippen LogP) is 2.62. The van der Waals surface area contributed by atoms with Gasteiger partial charge in [0.05, 0.1) is 32.5 Å². The molecular weight excluding hydrogens is 406 g/mol. The average Bonchev–Trinajstić information content (AvgIpc) is 2.83. The van der Waals surface area contributed by atoms with Crippen LogP contribution in [0, 0.1) is 0 Å². The van der Waals surface area contributed by atoms with Gasteiger partial charge in [0.15, 0.2) is 5.96 Å². The van der Waals surface area contributed by atoms with Crippen molar-refractivity contribution in [2.45, 2.75) is 32.5 Å². The highest BCUT2D eigenvalue weighted by atomic mass is 16.5. The first-order chi connectivity index (χ1) is 15.6. The molecule has 0 amide bonds. The van der Waals surface area contributed by atoms with Crippen LogP contribution in [0.4, 0.5) is 0 Å². The molecule has 0 aliphatic carbocycles. The lowest BCUT2D eigenvalue weighted by molar-refractivity contribution is 0.0170. The summed E-state index contributed by atoms with van der Waals surface area (Å²) in [5, 5.41) is 6.85. The lowest BCUT2D eigenvalue weighted by Crippen LogP contribution is -2.46. The third-order valence-corrected chi connectivity index (χ3v) is 5.29. The van der Waals surface area contributed by atoms with E-state index in [4.69, 9.17) is 14.2 Å². The molecule has 0 saturated carbocycles. The van der Waals surface area contributed by atoms with Crippen molar-refractivity contribution in [3.05, 3.63) is 53.7 Å². The zero-order valence-corrected chi connectivity index (χ0v) is 19.5. The van der Waals surface area contributed by atoms with Crippen molar-refractivity contribution in [3.8, 4) is 11.6 Å². The smallest absolute Gasteiger partial charge is 0.213 e. The second-order valence-electron chi connectivity index (χ2n) is 7.92. The average molecular weight is 442 g/mol. The standard InChI is InChI=1S/C24H35N5O3/c1-18(2)32-23-10-5-19(15-26-23)16-27-24(25-3)28-17-22(29-11-13-31-14-12-29)20-6-8-21(30-4)9-7-20/h5-10,15,18,22H,11-14,16-17H2,1-4H3,(H2,25,27,28). The van der Waals surface area contributed by atoms with Crippen molar-refractivity contribution in [1.82, 2.24) is 20.5 Å². The zero-order chi connectivity index (χ0) is 22.8. The van der Waals surface area contributed by atoms with Gasteiger partial charge in [-0.3, -0.25) is 9.89 Å². The molecule has 0 radical (unpaired) electrons. The first kappa shape index (κ1) is 23.8. The first-order valence-electron chi connectivity index (χ1n) is 11.1. The van der Waals surface area contributed by atoms with Crippen LogP contribution in [-0.4, -0.2) is 69.0 Å². The van der Waals surface area contributed by atoms with Gasteiger partial charge in [-0.1, -0.05) is 18.2 Å². The van der Waals surface area contributed by atoms with Crippen molar-refractivity contribution < 1.29 is 14.2 Å². The Labute approximate surface area is 191 Å². The lowest BCUT2D eigenvalue weighted by Gasteiger charge is -2.35. The van der Waals surface area contributed by atoms with Gasteiger partial charge in [-0.05, 0) is 37.1 Å². The summed E-state index contributed by atoms with van der Waals surface area (Å²) in [5.74, 6) is 2.25. The molecule has 1 fully saturated rings. The Morgan fingerprint density at radius 1 is 1.12 bits per heavy atom. The van der Waals surface area contributed by atoms with Crippen molar-refractivity contribution in [2.24, 2.45) is 4.99 Å². The van der Waals surface area contributed by atoms with Gasteiger partial charge in [-0.15, -0.1) is 0 Å². The SMILES string of the molecule is CN=C(NCc1ccc(OC(C)C)nc1)NCC(c1ccc(OC)cc1)N1CCOCC1. The number of morpholine rings is 1. The Bertz CT molecular complexity index is 834. The Kier molecular flexibility index (Phi) is 9.13. The van der Waals surface area contributed by atoms with Gasteiger partial charge in [0.1, 0.15) is 5.75 Å². The minimum absolute atomic E-state index is 0.111. The summed E-state index contributed by atoms with van der Waals surface area (Å²) in [5.41, 5.74) is 2.30. The number of benzene rings is 1. The summed E-state index contributed by atoms with van der Waals surface area (Å²) in [6.07, 6.45) is 1.94. The minimum Gasteiger partial charge on any atom is -0.497 e. The summed E-state index contributed by atoms with van der Waals surface area (Å²) in [7, 11) is 3.47. The van der Waals surface area contributed by atoms with Crippen LogP contribution in [0.3, 0.4) is 0 Å². The maximum absolute atomic E-state index is 5.61. The van der Waals surface area contributed by atoms with Gasteiger partial charge in [0.25, 0.3) is 0 Å². The lowest BCUT2D eigenvalue weighted by atomic mass is 10.0. The number of guanidine groups is 1. The normalized spacial score (nSPS) is 16.0. The minimum atomic E-state index is 0.111. The monoisotopic (exact) mass is 441 g/mol. The van der Waals surface area contributed by atoms with E-state index in [0.29, 0.717) is 12.4 Å². The Morgan fingerprint density at radius 3 is 2.47 bits per heavy atom. The summed E-state index contributed by atoms with van der Waals surface area (Å²) >= 11 is 0. The number of hydrogen-bond donors (Lipinski definition) is 2. The number of nitrogens with zero attached hydrogens (tertiary/aromatic N) is 3. The predicted molar refractivity (Wildman–Crippen MR) is 126 cm³/mol. The molecule has 1 aliphatic rings. The molecule has 1 aliphatic heterocycles. The maximum Gasteiger partial charge on any atom is 0.213 e. The highest BCUT2D eigenvalue weighted by Gasteiger charge is 2.23. The van der Waals surface area contributed by atoms with Gasteiger partial charge in [0, 0.05) is 45.5 Å². The largest absolute Gasteiger partial charge is 0.497 e. The molecule has 8 heteroatoms. The fourth-order valence-electron chi connectivity index (χ4n) is 3.60. The summed E-state index contributed by atoms with van der Waals surface area (Å²) < 4.78 is 16.5. The van der Waals surface area contributed by atoms with Crippen LogP contribution in [0.1, 0.15) is 31.0 Å². The van der Waals surface area contributed by atoms with E-state index < -0.39 is 0 Å². The van der Waals surface area contributed by atoms with E-state index in [1.54, 1.807) is 14.2 Å². The van der Waals surface area contributed by atoms with E-state index in [9.17, 15) is 0 Å². The van der Waals surface area contributed by atoms with Crippen LogP contribution < -0.4 is 20.1 Å². The molecule has 2 heterocycles. The Balaban J connectivity index is 1.59. The zero-order valence-electron chi connectivity index (χ0n) is 19.5. The van der Waals surface area contributed by atoms with Crippen LogP contribution in [-0.2, 0) is 11.3 Å². The molecule has 32 heavy (non-hydrogen) atoms. The van der Waals surface area contributed by atoms with Gasteiger partial charge in [-0.2, -0.15) is 0 Å². The molecular formula is C24H35N5O3. The second kappa shape index (κ2) is 12.3. The molecule has 3 rings (SSSR count). The fourth-order valence-corrected chi connectivity index (χ4v) is 3.60. The third kappa shape index (κ3) is 7.10. The van der Waals surface area contributed by atoms with Crippen LogP contribution in [0.2, 0.25) is 0 Å². The van der Waals surface area contributed by atoms with Crippen LogP contribution in [0.15, 0.2) is 47.6 Å². The van der Waals surface area contributed by atoms with E-state index in [1.807, 2.05) is 44.3 Å². The second-order valence-corrected chi connectivity index (χ2v) is 7.92. The fraction of sp³-hybridized carbons (Fsp3) is 0.500. The van der Waals surface area contributed by atoms with E-state index in [2.05, 4.69) is 37.6 Å². The van der Waals surface area contributed by atoms with Crippen LogP contribution >= 0.6 is 0 Å².